The van der Waals surface area contributed by atoms with Gasteiger partial charge in [0.1, 0.15) is 0 Å². The summed E-state index contributed by atoms with van der Waals surface area (Å²) in [4.78, 5) is 10.7. The lowest BCUT2D eigenvalue weighted by atomic mass is 10.1. The van der Waals surface area contributed by atoms with Gasteiger partial charge in [0, 0.05) is 31.6 Å². The molecule has 15 heavy (non-hydrogen) atoms. The highest BCUT2D eigenvalue weighted by atomic mass is 79.9. The van der Waals surface area contributed by atoms with Crippen LogP contribution in [0.1, 0.15) is 19.3 Å². The van der Waals surface area contributed by atoms with Crippen molar-refractivity contribution < 1.29 is 5.11 Å². The summed E-state index contributed by atoms with van der Waals surface area (Å²) in [7, 11) is 0. The van der Waals surface area contributed by atoms with E-state index in [1.165, 1.54) is 0 Å². The molecule has 0 aliphatic carbocycles. The van der Waals surface area contributed by atoms with Gasteiger partial charge in [0.2, 0.25) is 5.95 Å². The first-order valence-electron chi connectivity index (χ1n) is 5.16. The zero-order valence-electron chi connectivity index (χ0n) is 8.43. The average Bonchev–Trinajstić information content (AvgIpc) is 2.68. The van der Waals surface area contributed by atoms with Crippen LogP contribution in [0.25, 0.3) is 0 Å². The van der Waals surface area contributed by atoms with Gasteiger partial charge in [-0.05, 0) is 35.2 Å². The van der Waals surface area contributed by atoms with Gasteiger partial charge >= 0.3 is 0 Å². The fourth-order valence-corrected chi connectivity index (χ4v) is 2.21. The summed E-state index contributed by atoms with van der Waals surface area (Å²) in [5.41, 5.74) is 0. The van der Waals surface area contributed by atoms with E-state index in [1.807, 2.05) is 0 Å². The minimum atomic E-state index is 0.234. The molecule has 2 rings (SSSR count). The third kappa shape index (κ3) is 2.46. The van der Waals surface area contributed by atoms with Crippen molar-refractivity contribution in [3.8, 4) is 0 Å². The molecule has 1 aliphatic rings. The van der Waals surface area contributed by atoms with E-state index in [0.29, 0.717) is 6.04 Å². The molecule has 1 atom stereocenters. The highest BCUT2D eigenvalue weighted by Gasteiger charge is 2.25. The molecule has 1 saturated heterocycles. The van der Waals surface area contributed by atoms with Crippen LogP contribution < -0.4 is 4.90 Å². The SMILES string of the molecule is OCCC1CCCN1c1ncc(Br)cn1. The number of anilines is 1. The van der Waals surface area contributed by atoms with E-state index in [1.54, 1.807) is 12.4 Å². The molecule has 2 heterocycles. The van der Waals surface area contributed by atoms with Crippen molar-refractivity contribution in [3.05, 3.63) is 16.9 Å². The van der Waals surface area contributed by atoms with E-state index in [4.69, 9.17) is 5.11 Å². The predicted molar refractivity (Wildman–Crippen MR) is 61.8 cm³/mol. The van der Waals surface area contributed by atoms with Crippen molar-refractivity contribution in [2.75, 3.05) is 18.1 Å². The fourth-order valence-electron chi connectivity index (χ4n) is 2.00. The molecular weight excluding hydrogens is 258 g/mol. The van der Waals surface area contributed by atoms with Crippen LogP contribution in [0.2, 0.25) is 0 Å². The summed E-state index contributed by atoms with van der Waals surface area (Å²) in [6.45, 7) is 1.23. The molecule has 1 unspecified atom stereocenters. The second kappa shape index (κ2) is 4.90. The van der Waals surface area contributed by atoms with Gasteiger partial charge in [-0.2, -0.15) is 0 Å². The van der Waals surface area contributed by atoms with E-state index >= 15 is 0 Å². The number of aromatic nitrogens is 2. The molecule has 1 fully saturated rings. The Hall–Kier alpha value is -0.680. The van der Waals surface area contributed by atoms with Crippen molar-refractivity contribution in [1.29, 1.82) is 0 Å². The lowest BCUT2D eigenvalue weighted by molar-refractivity contribution is 0.275. The Morgan fingerprint density at radius 1 is 1.47 bits per heavy atom. The monoisotopic (exact) mass is 271 g/mol. The maximum Gasteiger partial charge on any atom is 0.225 e. The summed E-state index contributed by atoms with van der Waals surface area (Å²) >= 11 is 3.32. The Balaban J connectivity index is 2.11. The van der Waals surface area contributed by atoms with Crippen LogP contribution in [0, 0.1) is 0 Å². The van der Waals surface area contributed by atoms with Crippen LogP contribution in [0.5, 0.6) is 0 Å². The summed E-state index contributed by atoms with van der Waals surface area (Å²) < 4.78 is 0.893. The lowest BCUT2D eigenvalue weighted by Crippen LogP contribution is -2.31. The smallest absolute Gasteiger partial charge is 0.225 e. The molecule has 82 valence electrons. The molecule has 5 heteroatoms. The molecule has 0 bridgehead atoms. The largest absolute Gasteiger partial charge is 0.396 e. The highest BCUT2D eigenvalue weighted by Crippen LogP contribution is 2.24. The molecule has 1 N–H and O–H groups in total. The van der Waals surface area contributed by atoms with Gasteiger partial charge in [0.25, 0.3) is 0 Å². The normalized spacial score (nSPS) is 20.9. The Bertz CT molecular complexity index is 317. The van der Waals surface area contributed by atoms with Crippen molar-refractivity contribution in [3.63, 3.8) is 0 Å². The van der Waals surface area contributed by atoms with E-state index in [-0.39, 0.29) is 6.61 Å². The van der Waals surface area contributed by atoms with Crippen molar-refractivity contribution in [2.24, 2.45) is 0 Å². The van der Waals surface area contributed by atoms with Crippen molar-refractivity contribution in [2.45, 2.75) is 25.3 Å². The van der Waals surface area contributed by atoms with Crippen LogP contribution in [0.4, 0.5) is 5.95 Å². The van der Waals surface area contributed by atoms with Gasteiger partial charge in [-0.25, -0.2) is 9.97 Å². The topological polar surface area (TPSA) is 49.2 Å². The second-order valence-electron chi connectivity index (χ2n) is 3.70. The number of nitrogens with zero attached hydrogens (tertiary/aromatic N) is 3. The molecule has 0 radical (unpaired) electrons. The maximum atomic E-state index is 8.96. The first kappa shape index (κ1) is 10.8. The van der Waals surface area contributed by atoms with Crippen LogP contribution in [0.15, 0.2) is 16.9 Å². The minimum absolute atomic E-state index is 0.234. The molecule has 0 saturated carbocycles. The van der Waals surface area contributed by atoms with E-state index in [0.717, 1.165) is 36.2 Å². The Morgan fingerprint density at radius 3 is 2.87 bits per heavy atom. The van der Waals surface area contributed by atoms with Crippen molar-refractivity contribution >= 4 is 21.9 Å². The first-order valence-corrected chi connectivity index (χ1v) is 5.95. The van der Waals surface area contributed by atoms with Crippen LogP contribution in [-0.4, -0.2) is 34.3 Å². The van der Waals surface area contributed by atoms with Gasteiger partial charge in [0.05, 0.1) is 4.47 Å². The zero-order valence-corrected chi connectivity index (χ0v) is 10.0. The number of rotatable bonds is 3. The van der Waals surface area contributed by atoms with Crippen LogP contribution in [-0.2, 0) is 0 Å². The van der Waals surface area contributed by atoms with Gasteiger partial charge in [-0.3, -0.25) is 0 Å². The summed E-state index contributed by atoms with van der Waals surface area (Å²) in [6, 6.07) is 0.399. The molecule has 0 amide bonds. The molecule has 1 aromatic heterocycles. The van der Waals surface area contributed by atoms with E-state index in [2.05, 4.69) is 30.8 Å². The Morgan fingerprint density at radius 2 is 2.20 bits per heavy atom. The molecule has 1 aliphatic heterocycles. The number of aliphatic hydroxyl groups is 1. The Labute approximate surface area is 97.5 Å². The quantitative estimate of drug-likeness (QED) is 0.907. The second-order valence-corrected chi connectivity index (χ2v) is 4.62. The first-order chi connectivity index (χ1) is 7.31. The van der Waals surface area contributed by atoms with E-state index < -0.39 is 0 Å². The van der Waals surface area contributed by atoms with Gasteiger partial charge in [-0.15, -0.1) is 0 Å². The minimum Gasteiger partial charge on any atom is -0.396 e. The Kier molecular flexibility index (Phi) is 3.53. The van der Waals surface area contributed by atoms with Gasteiger partial charge < -0.3 is 10.0 Å². The average molecular weight is 272 g/mol. The molecule has 4 nitrogen and oxygen atoms in total. The summed E-state index contributed by atoms with van der Waals surface area (Å²) in [5.74, 6) is 0.772. The molecule has 0 aromatic carbocycles. The molecular formula is C10H14BrN3O. The lowest BCUT2D eigenvalue weighted by Gasteiger charge is -2.23. The zero-order chi connectivity index (χ0) is 10.7. The third-order valence-corrected chi connectivity index (χ3v) is 3.11. The highest BCUT2D eigenvalue weighted by molar-refractivity contribution is 9.10. The molecule has 1 aromatic rings. The number of hydrogen-bond acceptors (Lipinski definition) is 4. The predicted octanol–water partition coefficient (Wildman–Crippen LogP) is 1.59. The molecule has 0 spiro atoms. The van der Waals surface area contributed by atoms with E-state index in [9.17, 15) is 0 Å². The van der Waals surface area contributed by atoms with Crippen molar-refractivity contribution in [1.82, 2.24) is 9.97 Å². The number of aliphatic hydroxyl groups excluding tert-OH is 1. The van der Waals surface area contributed by atoms with Crippen LogP contribution in [0.3, 0.4) is 0 Å². The van der Waals surface area contributed by atoms with Gasteiger partial charge in [0.15, 0.2) is 0 Å². The van der Waals surface area contributed by atoms with Gasteiger partial charge in [-0.1, -0.05) is 0 Å². The fraction of sp³-hybridized carbons (Fsp3) is 0.600. The standard InChI is InChI=1S/C10H14BrN3O/c11-8-6-12-10(13-7-8)14-4-1-2-9(14)3-5-15/h6-7,9,15H,1-5H2. The number of halogens is 1. The maximum absolute atomic E-state index is 8.96. The number of hydrogen-bond donors (Lipinski definition) is 1. The summed E-state index contributed by atoms with van der Waals surface area (Å²) in [6.07, 6.45) is 6.61. The summed E-state index contributed by atoms with van der Waals surface area (Å²) in [5, 5.41) is 8.96. The van der Waals surface area contributed by atoms with Crippen LogP contribution >= 0.6 is 15.9 Å². The third-order valence-electron chi connectivity index (χ3n) is 2.70.